The SMILES string of the molecule is Cc1cc(C)c(-c2cccc(-c3c(C)cc(C)cc3C)c2[Si](F)c2c(-c3c(C)cc(C)cc3C)cccc2-c2c(C)cc(C)cc2C)c(C)c1. The van der Waals surface area contributed by atoms with Gasteiger partial charge in [0.1, 0.15) is 0 Å². The molecule has 0 saturated carbocycles. The summed E-state index contributed by atoms with van der Waals surface area (Å²) in [5.74, 6) is 0. The van der Waals surface area contributed by atoms with Crippen molar-refractivity contribution in [2.75, 3.05) is 0 Å². The quantitative estimate of drug-likeness (QED) is 0.122. The van der Waals surface area contributed by atoms with E-state index in [9.17, 15) is 0 Å². The van der Waals surface area contributed by atoms with Gasteiger partial charge in [-0.1, -0.05) is 107 Å². The molecule has 6 aromatic rings. The summed E-state index contributed by atoms with van der Waals surface area (Å²) in [5.41, 5.74) is 22.9. The highest BCUT2D eigenvalue weighted by Gasteiger charge is 2.33. The van der Waals surface area contributed by atoms with Crippen molar-refractivity contribution >= 4 is 19.5 Å². The van der Waals surface area contributed by atoms with Gasteiger partial charge in [-0.25, -0.2) is 0 Å². The van der Waals surface area contributed by atoms with Crippen LogP contribution in [0.2, 0.25) is 0 Å². The fourth-order valence-electron chi connectivity index (χ4n) is 8.96. The molecule has 1 radical (unpaired) electrons. The molecule has 0 aliphatic rings. The zero-order valence-electron chi connectivity index (χ0n) is 32.0. The minimum Gasteiger partial charge on any atom is -0.301 e. The predicted octanol–water partition coefficient (Wildman–Crippen LogP) is 12.1. The summed E-state index contributed by atoms with van der Waals surface area (Å²) < 4.78 is 19.1. The third-order valence-electron chi connectivity index (χ3n) is 10.4. The van der Waals surface area contributed by atoms with Crippen molar-refractivity contribution in [2.24, 2.45) is 0 Å². The highest BCUT2D eigenvalue weighted by Crippen LogP contribution is 2.37. The van der Waals surface area contributed by atoms with Crippen LogP contribution in [0.15, 0.2) is 84.9 Å². The Morgan fingerprint density at radius 2 is 0.500 bits per heavy atom. The van der Waals surface area contributed by atoms with Crippen LogP contribution < -0.4 is 10.4 Å². The van der Waals surface area contributed by atoms with Gasteiger partial charge in [0, 0.05) is 0 Å². The van der Waals surface area contributed by atoms with E-state index in [-0.39, 0.29) is 0 Å². The Balaban J connectivity index is 1.81. The highest BCUT2D eigenvalue weighted by molar-refractivity contribution is 6.84. The molecule has 0 aromatic heterocycles. The van der Waals surface area contributed by atoms with Crippen LogP contribution in [-0.4, -0.2) is 9.13 Å². The Labute approximate surface area is 301 Å². The second-order valence-corrected chi connectivity index (χ2v) is 16.5. The summed E-state index contributed by atoms with van der Waals surface area (Å²) in [4.78, 5) is 0. The molecule has 50 heavy (non-hydrogen) atoms. The lowest BCUT2D eigenvalue weighted by Gasteiger charge is -2.26. The fourth-order valence-corrected chi connectivity index (χ4v) is 11.0. The molecule has 6 aromatic carbocycles. The van der Waals surface area contributed by atoms with E-state index < -0.39 is 9.13 Å². The topological polar surface area (TPSA) is 0 Å². The van der Waals surface area contributed by atoms with Gasteiger partial charge in [0.05, 0.1) is 0 Å². The van der Waals surface area contributed by atoms with Crippen LogP contribution >= 0.6 is 0 Å². The maximum absolute atomic E-state index is 19.1. The van der Waals surface area contributed by atoms with E-state index in [1.807, 2.05) is 0 Å². The molecule has 0 N–H and O–H groups in total. The van der Waals surface area contributed by atoms with Crippen molar-refractivity contribution in [1.82, 2.24) is 0 Å². The Morgan fingerprint density at radius 3 is 0.680 bits per heavy atom. The van der Waals surface area contributed by atoms with Gasteiger partial charge >= 0.3 is 9.13 Å². The maximum Gasteiger partial charge on any atom is 0.343 e. The van der Waals surface area contributed by atoms with Gasteiger partial charge < -0.3 is 4.11 Å². The van der Waals surface area contributed by atoms with Crippen LogP contribution in [0, 0.1) is 83.1 Å². The number of benzene rings is 6. The lowest BCUT2D eigenvalue weighted by atomic mass is 9.88. The summed E-state index contributed by atoms with van der Waals surface area (Å²) in [5, 5.41) is 1.67. The van der Waals surface area contributed by atoms with Crippen molar-refractivity contribution in [3.8, 4) is 44.5 Å². The number of hydrogen-bond donors (Lipinski definition) is 0. The van der Waals surface area contributed by atoms with E-state index in [4.69, 9.17) is 0 Å². The van der Waals surface area contributed by atoms with Crippen molar-refractivity contribution < 1.29 is 4.11 Å². The molecule has 253 valence electrons. The second kappa shape index (κ2) is 13.6. The molecule has 0 nitrogen and oxygen atoms in total. The van der Waals surface area contributed by atoms with Crippen LogP contribution in [0.1, 0.15) is 66.8 Å². The first-order valence-electron chi connectivity index (χ1n) is 17.8. The molecular weight excluding hydrogens is 624 g/mol. The van der Waals surface area contributed by atoms with Crippen LogP contribution in [0.25, 0.3) is 44.5 Å². The molecule has 6 rings (SSSR count). The summed E-state index contributed by atoms with van der Waals surface area (Å²) >= 11 is 0. The zero-order valence-corrected chi connectivity index (χ0v) is 33.0. The normalized spacial score (nSPS) is 11.5. The van der Waals surface area contributed by atoms with Gasteiger partial charge in [0.25, 0.3) is 0 Å². The Morgan fingerprint density at radius 1 is 0.320 bits per heavy atom. The van der Waals surface area contributed by atoms with Gasteiger partial charge in [-0.2, -0.15) is 0 Å². The van der Waals surface area contributed by atoms with Crippen molar-refractivity contribution in [2.45, 2.75) is 83.1 Å². The minimum atomic E-state index is -2.92. The van der Waals surface area contributed by atoms with Crippen LogP contribution in [-0.2, 0) is 0 Å². The standard InChI is InChI=1S/C48H50FSi/c1-27-19-31(5)43(32(6)20-27)39-15-13-16-40(44-33(7)21-28(2)22-34(44)8)47(39)50(49)48-41(45-35(9)23-29(3)24-36(45)10)17-14-18-42(48)46-37(11)25-30(4)26-38(46)12/h13-26H,1-12H3. The molecule has 0 amide bonds. The summed E-state index contributed by atoms with van der Waals surface area (Å²) in [7, 11) is -2.92. The van der Waals surface area contributed by atoms with Crippen LogP contribution in [0.3, 0.4) is 0 Å². The zero-order chi connectivity index (χ0) is 36.2. The number of aryl methyl sites for hydroxylation is 12. The molecule has 0 heterocycles. The molecule has 0 spiro atoms. The molecule has 0 aliphatic heterocycles. The molecule has 0 aliphatic carbocycles. The van der Waals surface area contributed by atoms with Crippen molar-refractivity contribution in [3.05, 3.63) is 152 Å². The second-order valence-electron chi connectivity index (χ2n) is 14.9. The molecule has 0 unspecified atom stereocenters. The Hall–Kier alpha value is -4.53. The van der Waals surface area contributed by atoms with E-state index in [2.05, 4.69) is 168 Å². The van der Waals surface area contributed by atoms with Gasteiger partial charge in [0.15, 0.2) is 0 Å². The molecule has 0 atom stereocenters. The molecule has 2 heteroatoms. The first kappa shape index (κ1) is 35.3. The highest BCUT2D eigenvalue weighted by atomic mass is 28.3. The third kappa shape index (κ3) is 6.31. The van der Waals surface area contributed by atoms with Gasteiger partial charge in [-0.15, -0.1) is 0 Å². The molecular formula is C48H50FSi. The largest absolute Gasteiger partial charge is 0.343 e. The average Bonchev–Trinajstić information content (AvgIpc) is 2.99. The van der Waals surface area contributed by atoms with E-state index in [1.165, 1.54) is 66.8 Å². The molecule has 0 fully saturated rings. The summed E-state index contributed by atoms with van der Waals surface area (Å²) in [6.07, 6.45) is 0. The van der Waals surface area contributed by atoms with Gasteiger partial charge in [-0.05, 0) is 182 Å². The number of halogens is 1. The van der Waals surface area contributed by atoms with E-state index >= 15 is 4.11 Å². The summed E-state index contributed by atoms with van der Waals surface area (Å²) in [6.45, 7) is 26.0. The van der Waals surface area contributed by atoms with Gasteiger partial charge in [-0.3, -0.25) is 0 Å². The minimum absolute atomic E-state index is 0.834. The first-order valence-corrected chi connectivity index (χ1v) is 19.2. The van der Waals surface area contributed by atoms with Crippen molar-refractivity contribution in [3.63, 3.8) is 0 Å². The van der Waals surface area contributed by atoms with E-state index in [1.54, 1.807) is 0 Å². The molecule has 0 saturated heterocycles. The van der Waals surface area contributed by atoms with E-state index in [0.29, 0.717) is 0 Å². The Kier molecular flexibility index (Phi) is 9.63. The fraction of sp³-hybridized carbons (Fsp3) is 0.250. The van der Waals surface area contributed by atoms with E-state index in [0.717, 1.165) is 54.9 Å². The van der Waals surface area contributed by atoms with Crippen LogP contribution in [0.5, 0.6) is 0 Å². The number of rotatable bonds is 6. The Bertz CT molecular complexity index is 1900. The average molecular weight is 674 g/mol. The summed E-state index contributed by atoms with van der Waals surface area (Å²) in [6, 6.07) is 30.8. The van der Waals surface area contributed by atoms with Gasteiger partial charge in [0.2, 0.25) is 0 Å². The monoisotopic (exact) mass is 673 g/mol. The van der Waals surface area contributed by atoms with Crippen molar-refractivity contribution in [1.29, 1.82) is 0 Å². The van der Waals surface area contributed by atoms with Crippen LogP contribution in [0.4, 0.5) is 4.11 Å². The maximum atomic E-state index is 19.1. The predicted molar refractivity (Wildman–Crippen MR) is 218 cm³/mol. The molecule has 0 bridgehead atoms. The lowest BCUT2D eigenvalue weighted by Crippen LogP contribution is -2.43. The smallest absolute Gasteiger partial charge is 0.301 e. The number of hydrogen-bond acceptors (Lipinski definition) is 0. The third-order valence-corrected chi connectivity index (χ3v) is 12.3. The first-order chi connectivity index (χ1) is 23.7. The lowest BCUT2D eigenvalue weighted by molar-refractivity contribution is 0.865.